The highest BCUT2D eigenvalue weighted by Gasteiger charge is 2.39. The normalized spacial score (nSPS) is 15.0. The van der Waals surface area contributed by atoms with E-state index in [1.165, 1.54) is 62.8 Å². The molecule has 20 heteroatoms. The fourth-order valence-electron chi connectivity index (χ4n) is 6.94. The molecule has 0 saturated heterocycles. The van der Waals surface area contributed by atoms with E-state index < -0.39 is 52.1 Å². The van der Waals surface area contributed by atoms with Crippen LogP contribution in [0.3, 0.4) is 0 Å². The van der Waals surface area contributed by atoms with Crippen molar-refractivity contribution in [1.29, 1.82) is 0 Å². The summed E-state index contributed by atoms with van der Waals surface area (Å²) in [5, 5.41) is 22.1. The van der Waals surface area contributed by atoms with Gasteiger partial charge in [0.2, 0.25) is 0 Å². The maximum absolute atomic E-state index is 13.9. The molecule has 0 aliphatic heterocycles. The third kappa shape index (κ3) is 13.0. The molecule has 5 aromatic carbocycles. The highest BCUT2D eigenvalue weighted by molar-refractivity contribution is 6.39. The SMILES string of the molecule is COc1cc(F)cc(C(=O)c2cc(C)c(OC3C(Cl)=CC(NC(=O)C(=O)O)=CC3(C)Cl)c(C)c2)c1.COc1cc(F)cc(C(=O)c2cc(C)c(Oc3c(Cl)cc(NC(=O)C(=O)O)cc3Cl)c(C)c2)c1. The smallest absolute Gasteiger partial charge is 0.394 e. The Balaban J connectivity index is 0.000000258. The number of ether oxygens (including phenoxy) is 4. The molecular weight excluding hydrogens is 988 g/mol. The van der Waals surface area contributed by atoms with Crippen LogP contribution in [0.2, 0.25) is 10.0 Å². The second-order valence-electron chi connectivity index (χ2n) is 15.5. The van der Waals surface area contributed by atoms with Gasteiger partial charge in [0.1, 0.15) is 39.5 Å². The van der Waals surface area contributed by atoms with Gasteiger partial charge in [-0.3, -0.25) is 19.2 Å². The van der Waals surface area contributed by atoms with Gasteiger partial charge in [-0.2, -0.15) is 0 Å². The molecule has 0 spiro atoms. The van der Waals surface area contributed by atoms with Crippen molar-refractivity contribution >= 4 is 87.4 Å². The lowest BCUT2D eigenvalue weighted by atomic mass is 9.95. The number of benzene rings is 5. The molecule has 2 unspecified atom stereocenters. The Kier molecular flexibility index (Phi) is 16.9. The summed E-state index contributed by atoms with van der Waals surface area (Å²) < 4.78 is 49.9. The van der Waals surface area contributed by atoms with Crippen LogP contribution in [0.5, 0.6) is 28.7 Å². The number of hydrogen-bond donors (Lipinski definition) is 4. The van der Waals surface area contributed by atoms with E-state index in [4.69, 9.17) is 75.6 Å². The first-order chi connectivity index (χ1) is 32.3. The highest BCUT2D eigenvalue weighted by Crippen LogP contribution is 2.42. The first-order valence-corrected chi connectivity index (χ1v) is 21.6. The van der Waals surface area contributed by atoms with E-state index in [-0.39, 0.29) is 60.6 Å². The summed E-state index contributed by atoms with van der Waals surface area (Å²) in [4.78, 5) is 69.1. The fourth-order valence-corrected chi connectivity index (χ4v) is 8.23. The number of hydrogen-bond acceptors (Lipinski definition) is 10. The minimum Gasteiger partial charge on any atom is -0.497 e. The van der Waals surface area contributed by atoms with Crippen LogP contribution in [0.25, 0.3) is 0 Å². The lowest BCUT2D eigenvalue weighted by molar-refractivity contribution is -0.149. The van der Waals surface area contributed by atoms with Crippen molar-refractivity contribution in [2.45, 2.75) is 45.6 Å². The van der Waals surface area contributed by atoms with E-state index in [9.17, 15) is 37.5 Å². The number of rotatable bonds is 12. The van der Waals surface area contributed by atoms with Crippen molar-refractivity contribution in [3.8, 4) is 28.7 Å². The van der Waals surface area contributed by atoms with E-state index in [0.29, 0.717) is 44.9 Å². The third-order valence-electron chi connectivity index (χ3n) is 10.0. The summed E-state index contributed by atoms with van der Waals surface area (Å²) in [6, 6.07) is 16.5. The molecule has 5 aromatic rings. The average Bonchev–Trinajstić information content (AvgIpc) is 3.26. The monoisotopic (exact) mass is 1030 g/mol. The predicted octanol–water partition coefficient (Wildman–Crippen LogP) is 10.5. The van der Waals surface area contributed by atoms with Crippen molar-refractivity contribution in [3.05, 3.63) is 162 Å². The molecule has 0 aromatic heterocycles. The third-order valence-corrected chi connectivity index (χ3v) is 11.2. The number of carboxylic acids is 2. The van der Waals surface area contributed by atoms with Gasteiger partial charge in [-0.1, -0.05) is 34.8 Å². The van der Waals surface area contributed by atoms with Crippen molar-refractivity contribution in [2.75, 3.05) is 19.5 Å². The Labute approximate surface area is 413 Å². The molecule has 6 rings (SSSR count). The molecule has 2 amide bonds. The quantitative estimate of drug-likeness (QED) is 0.0524. The zero-order valence-electron chi connectivity index (χ0n) is 37.4. The molecule has 1 aliphatic carbocycles. The molecule has 69 heavy (non-hydrogen) atoms. The van der Waals surface area contributed by atoms with Crippen LogP contribution in [-0.4, -0.2) is 70.7 Å². The van der Waals surface area contributed by atoms with Crippen LogP contribution in [0.1, 0.15) is 61.0 Å². The zero-order chi connectivity index (χ0) is 51.2. The van der Waals surface area contributed by atoms with Gasteiger partial charge in [0.25, 0.3) is 0 Å². The second-order valence-corrected chi connectivity index (χ2v) is 17.5. The summed E-state index contributed by atoms with van der Waals surface area (Å²) in [5.41, 5.74) is 3.52. The highest BCUT2D eigenvalue weighted by atomic mass is 35.5. The van der Waals surface area contributed by atoms with E-state index >= 15 is 0 Å². The standard InChI is InChI=1S/C25H22Cl2FNO6.C24H18Cl2FNO6/c1-12-5-14(20(30)15-7-16(28)9-18(8-15)34-4)6-13(2)21(12)35-22-19(26)10-17(11-25(22,3)27)29-23(31)24(32)33;1-11-4-13(20(29)14-6-15(27)8-17(7-14)33-3)5-12(2)21(11)34-22-18(25)9-16(10-19(22)26)28-23(30)24(31)32/h5-11,22H,1-4H3,(H,29,31)(H,32,33);4-10H,1-3H3,(H,28,30)(H,31,32). The Hall–Kier alpha value is -6.98. The molecular formula is C49H40Cl4F2N2O12. The van der Waals surface area contributed by atoms with Crippen LogP contribution < -0.4 is 29.6 Å². The second kappa shape index (κ2) is 22.0. The van der Waals surface area contributed by atoms with Gasteiger partial charge in [0, 0.05) is 45.8 Å². The minimum absolute atomic E-state index is 0.0268. The Morgan fingerprint density at radius 2 is 1.00 bits per heavy atom. The van der Waals surface area contributed by atoms with Gasteiger partial charge in [0.05, 0.1) is 29.3 Å². The number of amides is 2. The van der Waals surface area contributed by atoms with Gasteiger partial charge >= 0.3 is 23.8 Å². The summed E-state index contributed by atoms with van der Waals surface area (Å²) in [7, 11) is 2.77. The van der Waals surface area contributed by atoms with Crippen molar-refractivity contribution < 1.29 is 66.7 Å². The van der Waals surface area contributed by atoms with Crippen LogP contribution in [0, 0.1) is 39.3 Å². The minimum atomic E-state index is -1.66. The Morgan fingerprint density at radius 3 is 1.41 bits per heavy atom. The molecule has 0 bridgehead atoms. The van der Waals surface area contributed by atoms with Gasteiger partial charge < -0.3 is 39.8 Å². The van der Waals surface area contributed by atoms with Gasteiger partial charge in [-0.05, 0) is 130 Å². The lowest BCUT2D eigenvalue weighted by Gasteiger charge is -2.34. The number of allylic oxidation sites excluding steroid dienone is 1. The van der Waals surface area contributed by atoms with Crippen LogP contribution >= 0.6 is 46.4 Å². The summed E-state index contributed by atoms with van der Waals surface area (Å²) in [6.45, 7) is 8.52. The van der Waals surface area contributed by atoms with E-state index in [1.54, 1.807) is 58.9 Å². The first-order valence-electron chi connectivity index (χ1n) is 20.0. The molecule has 360 valence electrons. The van der Waals surface area contributed by atoms with Gasteiger partial charge in [0.15, 0.2) is 23.4 Å². The summed E-state index contributed by atoms with van der Waals surface area (Å²) in [6.07, 6.45) is 1.92. The molecule has 4 N–H and O–H groups in total. The topological polar surface area (TPSA) is 204 Å². The number of anilines is 1. The zero-order valence-corrected chi connectivity index (χ0v) is 40.4. The molecule has 0 fully saturated rings. The number of aliphatic carboxylic acids is 2. The van der Waals surface area contributed by atoms with Crippen LogP contribution in [0.15, 0.2) is 95.7 Å². The molecule has 1 aliphatic rings. The Morgan fingerprint density at radius 1 is 0.594 bits per heavy atom. The van der Waals surface area contributed by atoms with E-state index in [0.717, 1.165) is 12.1 Å². The number of carbonyl (C=O) groups excluding carboxylic acids is 4. The maximum Gasteiger partial charge on any atom is 0.394 e. The van der Waals surface area contributed by atoms with Crippen LogP contribution in [-0.2, 0) is 19.2 Å². The predicted molar refractivity (Wildman–Crippen MR) is 254 cm³/mol. The molecule has 14 nitrogen and oxygen atoms in total. The number of aryl methyl sites for hydroxylation is 4. The van der Waals surface area contributed by atoms with E-state index in [1.807, 2.05) is 0 Å². The summed E-state index contributed by atoms with van der Waals surface area (Å²) in [5.74, 6) is -6.40. The number of methoxy groups -OCH3 is 2. The van der Waals surface area contributed by atoms with Crippen LogP contribution in [0.4, 0.5) is 14.5 Å². The number of halogens is 6. The van der Waals surface area contributed by atoms with Crippen molar-refractivity contribution in [3.63, 3.8) is 0 Å². The maximum atomic E-state index is 13.9. The number of carboxylic acid groups (broad SMARTS) is 2. The molecule has 0 saturated carbocycles. The average molecular weight is 1030 g/mol. The van der Waals surface area contributed by atoms with E-state index in [2.05, 4.69) is 10.6 Å². The van der Waals surface area contributed by atoms with Crippen molar-refractivity contribution in [1.82, 2.24) is 5.32 Å². The summed E-state index contributed by atoms with van der Waals surface area (Å²) >= 11 is 25.5. The first kappa shape index (κ1) is 53.0. The molecule has 0 radical (unpaired) electrons. The van der Waals surface area contributed by atoms with Crippen molar-refractivity contribution in [2.24, 2.45) is 0 Å². The van der Waals surface area contributed by atoms with Gasteiger partial charge in [-0.25, -0.2) is 18.4 Å². The largest absolute Gasteiger partial charge is 0.497 e. The molecule has 2 atom stereocenters. The Bertz CT molecular complexity index is 2940. The van der Waals surface area contributed by atoms with Gasteiger partial charge in [-0.15, -0.1) is 11.6 Å². The number of alkyl halides is 1. The molecule has 0 heterocycles. The lowest BCUT2D eigenvalue weighted by Crippen LogP contribution is -2.42. The number of carbonyl (C=O) groups is 6. The fraction of sp³-hybridized carbons (Fsp3) is 0.184. The number of ketones is 2. The number of nitrogens with one attached hydrogen (secondary N) is 2.